The highest BCUT2D eigenvalue weighted by Crippen LogP contribution is 2.39. The molecule has 8 heteroatoms. The number of ether oxygens (including phenoxy) is 1. The first kappa shape index (κ1) is 15.9. The maximum atomic E-state index is 12.4. The number of benzene rings is 2. The summed E-state index contributed by atoms with van der Waals surface area (Å²) in [6.45, 7) is 0. The van der Waals surface area contributed by atoms with Crippen molar-refractivity contribution in [3.05, 3.63) is 53.0 Å². The molecule has 0 fully saturated rings. The van der Waals surface area contributed by atoms with Gasteiger partial charge < -0.3 is 10.1 Å². The molecular weight excluding hydrogens is 399 g/mol. The van der Waals surface area contributed by atoms with Crippen molar-refractivity contribution >= 4 is 38.2 Å². The summed E-state index contributed by atoms with van der Waals surface area (Å²) < 4.78 is 42.0. The lowest BCUT2D eigenvalue weighted by atomic mass is 10.2. The first-order chi connectivity index (χ1) is 11.9. The molecule has 0 aromatic heterocycles. The Balaban J connectivity index is 1.66. The Labute approximate surface area is 148 Å². The SMILES string of the molecule is FC(F)(F)Oc1cccc(Nc2[nH][nH]c3c4ccc(Br)cc4cc2-3)c1. The minimum absolute atomic E-state index is 0.277. The van der Waals surface area contributed by atoms with Crippen molar-refractivity contribution in [1.29, 1.82) is 0 Å². The van der Waals surface area contributed by atoms with Crippen LogP contribution in [0, 0.1) is 0 Å². The van der Waals surface area contributed by atoms with Gasteiger partial charge in [0.15, 0.2) is 0 Å². The predicted molar refractivity (Wildman–Crippen MR) is 93.4 cm³/mol. The van der Waals surface area contributed by atoms with Crippen molar-refractivity contribution in [3.8, 4) is 17.0 Å². The monoisotopic (exact) mass is 409 g/mol. The van der Waals surface area contributed by atoms with Gasteiger partial charge in [-0.1, -0.05) is 28.1 Å². The van der Waals surface area contributed by atoms with Crippen LogP contribution in [0.1, 0.15) is 0 Å². The molecular formula is C17H11BrF3N3O. The van der Waals surface area contributed by atoms with Gasteiger partial charge in [0, 0.05) is 27.2 Å². The molecule has 1 aliphatic heterocycles. The van der Waals surface area contributed by atoms with Crippen molar-refractivity contribution in [2.75, 3.05) is 5.32 Å². The van der Waals surface area contributed by atoms with Crippen LogP contribution in [0.4, 0.5) is 24.7 Å². The number of halogens is 4. The first-order valence-electron chi connectivity index (χ1n) is 7.30. The fourth-order valence-corrected chi connectivity index (χ4v) is 3.17. The van der Waals surface area contributed by atoms with Crippen LogP contribution < -0.4 is 10.1 Å². The van der Waals surface area contributed by atoms with Crippen LogP contribution in [0.15, 0.2) is 53.0 Å². The van der Waals surface area contributed by atoms with Gasteiger partial charge in [-0.05, 0) is 35.7 Å². The molecule has 1 aliphatic carbocycles. The maximum Gasteiger partial charge on any atom is 0.573 e. The highest BCUT2D eigenvalue weighted by Gasteiger charge is 2.31. The number of alkyl halides is 3. The molecule has 4 rings (SSSR count). The molecule has 0 saturated heterocycles. The highest BCUT2D eigenvalue weighted by molar-refractivity contribution is 9.10. The summed E-state index contributed by atoms with van der Waals surface area (Å²) in [5.74, 6) is 0.382. The fraction of sp³-hybridized carbons (Fsp3) is 0.0588. The number of nitrogens with one attached hydrogen (secondary N) is 3. The van der Waals surface area contributed by atoms with E-state index < -0.39 is 6.36 Å². The van der Waals surface area contributed by atoms with E-state index in [1.807, 2.05) is 24.3 Å². The van der Waals surface area contributed by atoms with E-state index in [1.165, 1.54) is 18.2 Å². The van der Waals surface area contributed by atoms with Crippen LogP contribution in [0.3, 0.4) is 0 Å². The van der Waals surface area contributed by atoms with Crippen LogP contribution >= 0.6 is 15.9 Å². The summed E-state index contributed by atoms with van der Waals surface area (Å²) in [6, 6.07) is 13.6. The van der Waals surface area contributed by atoms with Gasteiger partial charge in [-0.2, -0.15) is 0 Å². The Kier molecular flexibility index (Phi) is 3.64. The topological polar surface area (TPSA) is 52.8 Å². The molecule has 0 unspecified atom stereocenters. The number of hydrogen-bond donors (Lipinski definition) is 3. The summed E-state index contributed by atoms with van der Waals surface area (Å²) in [4.78, 5) is 0. The van der Waals surface area contributed by atoms with Gasteiger partial charge in [-0.3, -0.25) is 10.2 Å². The lowest BCUT2D eigenvalue weighted by Crippen LogP contribution is -2.17. The number of hydrogen-bond acceptors (Lipinski definition) is 2. The summed E-state index contributed by atoms with van der Waals surface area (Å²) >= 11 is 3.44. The second kappa shape index (κ2) is 5.73. The number of fused-ring (bicyclic) bond motifs is 3. The lowest BCUT2D eigenvalue weighted by molar-refractivity contribution is -0.274. The molecule has 25 heavy (non-hydrogen) atoms. The number of rotatable bonds is 3. The van der Waals surface area contributed by atoms with E-state index in [2.05, 4.69) is 36.2 Å². The normalized spacial score (nSPS) is 12.0. The smallest absolute Gasteiger partial charge is 0.406 e. The molecule has 2 aromatic rings. The van der Waals surface area contributed by atoms with Gasteiger partial charge in [0.25, 0.3) is 0 Å². The van der Waals surface area contributed by atoms with Crippen molar-refractivity contribution in [1.82, 2.24) is 10.2 Å². The van der Waals surface area contributed by atoms with E-state index in [0.717, 1.165) is 26.5 Å². The van der Waals surface area contributed by atoms with Crippen molar-refractivity contribution in [2.24, 2.45) is 0 Å². The average molecular weight is 410 g/mol. The van der Waals surface area contributed by atoms with Crippen molar-refractivity contribution in [2.45, 2.75) is 6.36 Å². The van der Waals surface area contributed by atoms with Crippen molar-refractivity contribution < 1.29 is 17.9 Å². The number of anilines is 2. The zero-order chi connectivity index (χ0) is 17.6. The van der Waals surface area contributed by atoms with E-state index in [4.69, 9.17) is 0 Å². The number of H-pyrrole nitrogens is 2. The third-order valence-electron chi connectivity index (χ3n) is 3.77. The van der Waals surface area contributed by atoms with E-state index in [0.29, 0.717) is 11.5 Å². The van der Waals surface area contributed by atoms with Gasteiger partial charge in [0.2, 0.25) is 0 Å². The van der Waals surface area contributed by atoms with Gasteiger partial charge in [0.05, 0.1) is 5.69 Å². The summed E-state index contributed by atoms with van der Waals surface area (Å²) in [6.07, 6.45) is -4.72. The quantitative estimate of drug-likeness (QED) is 0.388. The zero-order valence-corrected chi connectivity index (χ0v) is 14.1. The molecule has 0 saturated carbocycles. The second-order valence-electron chi connectivity index (χ2n) is 5.49. The molecule has 2 aromatic carbocycles. The largest absolute Gasteiger partial charge is 0.573 e. The van der Waals surface area contributed by atoms with Crippen molar-refractivity contribution in [3.63, 3.8) is 0 Å². The molecule has 1 heterocycles. The molecule has 0 spiro atoms. The van der Waals surface area contributed by atoms with Crippen LogP contribution in [-0.2, 0) is 0 Å². The molecule has 128 valence electrons. The molecule has 0 bridgehead atoms. The van der Waals surface area contributed by atoms with E-state index in [9.17, 15) is 13.2 Å². The summed E-state index contributed by atoms with van der Waals surface area (Å²) in [5.41, 5.74) is 2.31. The van der Waals surface area contributed by atoms with Crippen LogP contribution in [0.5, 0.6) is 5.75 Å². The van der Waals surface area contributed by atoms with Crippen LogP contribution in [0.25, 0.3) is 22.0 Å². The summed E-state index contributed by atoms with van der Waals surface area (Å²) in [5, 5.41) is 11.3. The van der Waals surface area contributed by atoms with Gasteiger partial charge in [-0.15, -0.1) is 13.2 Å². The molecule has 0 amide bonds. The van der Waals surface area contributed by atoms with Gasteiger partial charge >= 0.3 is 6.36 Å². The standard InChI is InChI=1S/C17H11BrF3N3O/c18-10-4-5-13-9(6-10)7-14-15(13)23-24-16(14)22-11-2-1-3-12(8-11)25-17(19,20)21/h1-8,22-24H. The van der Waals surface area contributed by atoms with Gasteiger partial charge in [0.1, 0.15) is 11.6 Å². The molecule has 0 atom stereocenters. The Hall–Kier alpha value is -2.61. The molecule has 2 aliphatic rings. The average Bonchev–Trinajstić information content (AvgIpc) is 3.05. The van der Waals surface area contributed by atoms with Gasteiger partial charge in [-0.25, -0.2) is 0 Å². The molecule has 3 N–H and O–H groups in total. The maximum absolute atomic E-state index is 12.4. The minimum Gasteiger partial charge on any atom is -0.406 e. The molecule has 4 nitrogen and oxygen atoms in total. The minimum atomic E-state index is -4.72. The fourth-order valence-electron chi connectivity index (χ4n) is 2.79. The Morgan fingerprint density at radius 1 is 1.00 bits per heavy atom. The van der Waals surface area contributed by atoms with Crippen LogP contribution in [-0.4, -0.2) is 16.6 Å². The number of aromatic nitrogens is 2. The summed E-state index contributed by atoms with van der Waals surface area (Å²) in [7, 11) is 0. The van der Waals surface area contributed by atoms with E-state index >= 15 is 0 Å². The highest BCUT2D eigenvalue weighted by atomic mass is 79.9. The van der Waals surface area contributed by atoms with Crippen LogP contribution in [0.2, 0.25) is 0 Å². The lowest BCUT2D eigenvalue weighted by Gasteiger charge is -2.10. The molecule has 0 radical (unpaired) electrons. The first-order valence-corrected chi connectivity index (χ1v) is 8.09. The van der Waals surface area contributed by atoms with E-state index in [1.54, 1.807) is 6.07 Å². The number of aromatic amines is 2. The predicted octanol–water partition coefficient (Wildman–Crippen LogP) is 6.01. The Morgan fingerprint density at radius 3 is 2.64 bits per heavy atom. The zero-order valence-electron chi connectivity index (χ0n) is 12.5. The Bertz CT molecular complexity index is 1020. The third-order valence-corrected chi connectivity index (χ3v) is 4.26. The Morgan fingerprint density at radius 2 is 1.84 bits per heavy atom. The van der Waals surface area contributed by atoms with E-state index in [-0.39, 0.29) is 5.75 Å². The third kappa shape index (κ3) is 3.17. The second-order valence-corrected chi connectivity index (χ2v) is 6.41.